The lowest BCUT2D eigenvalue weighted by atomic mass is 9.85. The van der Waals surface area contributed by atoms with Crippen molar-refractivity contribution in [3.63, 3.8) is 0 Å². The lowest BCUT2D eigenvalue weighted by molar-refractivity contribution is -0.181. The fraction of sp³-hybridized carbons (Fsp3) is 0.438. The van der Waals surface area contributed by atoms with Crippen molar-refractivity contribution >= 4 is 23.3 Å². The Morgan fingerprint density at radius 2 is 2.12 bits per heavy atom. The van der Waals surface area contributed by atoms with Crippen LogP contribution in [0, 0.1) is 5.92 Å². The second-order valence-electron chi connectivity index (χ2n) is 5.96. The smallest absolute Gasteiger partial charge is 0.419 e. The lowest BCUT2D eigenvalue weighted by Gasteiger charge is -2.39. The lowest BCUT2D eigenvalue weighted by Crippen LogP contribution is -2.58. The molecule has 0 aromatic heterocycles. The molecule has 0 bridgehead atoms. The highest BCUT2D eigenvalue weighted by Crippen LogP contribution is 2.48. The highest BCUT2D eigenvalue weighted by atomic mass is 35.5. The third-order valence-corrected chi connectivity index (χ3v) is 4.37. The summed E-state index contributed by atoms with van der Waals surface area (Å²) in [5.41, 5.74) is -2.85. The Hall–Kier alpha value is -1.93. The molecule has 25 heavy (non-hydrogen) atoms. The summed E-state index contributed by atoms with van der Waals surface area (Å²) < 4.78 is 51.9. The molecule has 2 amide bonds. The van der Waals surface area contributed by atoms with E-state index in [1.165, 1.54) is 19.3 Å². The van der Waals surface area contributed by atoms with Crippen LogP contribution in [0.15, 0.2) is 24.3 Å². The molecular weight excluding hydrogens is 361 g/mol. The first kappa shape index (κ1) is 17.9. The zero-order valence-corrected chi connectivity index (χ0v) is 14.0. The summed E-state index contributed by atoms with van der Waals surface area (Å²) in [5.74, 6) is 0.223. The number of alkyl halides is 3. The van der Waals surface area contributed by atoms with E-state index in [1.807, 2.05) is 5.32 Å². The van der Waals surface area contributed by atoms with Gasteiger partial charge in [0.25, 0.3) is 0 Å². The predicted octanol–water partition coefficient (Wildman–Crippen LogP) is 4.18. The first-order chi connectivity index (χ1) is 11.8. The first-order valence-corrected chi connectivity index (χ1v) is 7.95. The van der Waals surface area contributed by atoms with Crippen LogP contribution in [-0.2, 0) is 10.3 Å². The number of carbonyl (C=O) groups is 1. The molecule has 0 unspecified atom stereocenters. The molecule has 0 radical (unpaired) electrons. The van der Waals surface area contributed by atoms with Crippen LogP contribution in [0.1, 0.15) is 18.4 Å². The molecule has 9 heteroatoms. The summed E-state index contributed by atoms with van der Waals surface area (Å²) in [5, 5.41) is 4.37. The number of benzene rings is 1. The van der Waals surface area contributed by atoms with Crippen LogP contribution in [0.4, 0.5) is 23.7 Å². The Labute approximate surface area is 147 Å². The molecule has 1 aromatic rings. The van der Waals surface area contributed by atoms with Crippen LogP contribution in [0.5, 0.6) is 5.75 Å². The summed E-state index contributed by atoms with van der Waals surface area (Å²) >= 11 is 6.07. The van der Waals surface area contributed by atoms with Gasteiger partial charge in [-0.05, 0) is 30.9 Å². The number of hydrogen-bond donors (Lipinski definition) is 2. The number of anilines is 1. The van der Waals surface area contributed by atoms with E-state index in [2.05, 4.69) is 5.32 Å². The Morgan fingerprint density at radius 3 is 2.72 bits per heavy atom. The number of carbonyl (C=O) groups excluding carboxylic acids is 1. The molecule has 0 spiro atoms. The number of nitrogens with one attached hydrogen (secondary N) is 2. The van der Waals surface area contributed by atoms with Crippen LogP contribution in [0.2, 0.25) is 5.02 Å². The van der Waals surface area contributed by atoms with E-state index in [1.54, 1.807) is 0 Å². The number of rotatable bonds is 5. The van der Waals surface area contributed by atoms with Crippen molar-refractivity contribution in [2.45, 2.75) is 24.6 Å². The van der Waals surface area contributed by atoms with Gasteiger partial charge >= 0.3 is 12.2 Å². The van der Waals surface area contributed by atoms with Crippen LogP contribution >= 0.6 is 11.6 Å². The molecule has 1 fully saturated rings. The molecule has 136 valence electrons. The monoisotopic (exact) mass is 376 g/mol. The Bertz CT molecular complexity index is 719. The van der Waals surface area contributed by atoms with Gasteiger partial charge in [0.15, 0.2) is 12.3 Å². The van der Waals surface area contributed by atoms with E-state index in [4.69, 9.17) is 21.1 Å². The van der Waals surface area contributed by atoms with E-state index in [9.17, 15) is 18.0 Å². The normalized spacial score (nSPS) is 23.2. The fourth-order valence-electron chi connectivity index (χ4n) is 2.63. The largest absolute Gasteiger partial charge is 0.466 e. The maximum absolute atomic E-state index is 14.0. The molecule has 0 saturated heterocycles. The molecular formula is C16H16ClF3N2O3. The summed E-state index contributed by atoms with van der Waals surface area (Å²) in [6, 6.07) is 1.46. The average molecular weight is 377 g/mol. The van der Waals surface area contributed by atoms with E-state index in [0.717, 1.165) is 25.0 Å². The minimum absolute atomic E-state index is 0.0119. The quantitative estimate of drug-likeness (QED) is 0.598. The van der Waals surface area contributed by atoms with Gasteiger partial charge in [0.05, 0.1) is 10.7 Å². The Balaban J connectivity index is 2.12. The van der Waals surface area contributed by atoms with Crippen molar-refractivity contribution < 1.29 is 27.4 Å². The summed E-state index contributed by atoms with van der Waals surface area (Å²) in [7, 11) is 1.40. The maximum atomic E-state index is 14.0. The molecule has 3 rings (SSSR count). The Morgan fingerprint density at radius 1 is 1.40 bits per heavy atom. The topological polar surface area (TPSA) is 59.6 Å². The van der Waals surface area contributed by atoms with Crippen molar-refractivity contribution in [1.29, 1.82) is 0 Å². The van der Waals surface area contributed by atoms with Crippen LogP contribution in [0.25, 0.3) is 0 Å². The van der Waals surface area contributed by atoms with Gasteiger partial charge in [0.2, 0.25) is 0 Å². The van der Waals surface area contributed by atoms with E-state index in [-0.39, 0.29) is 34.7 Å². The van der Waals surface area contributed by atoms with Gasteiger partial charge in [0.1, 0.15) is 5.75 Å². The minimum Gasteiger partial charge on any atom is -0.466 e. The number of halogens is 4. The number of ether oxygens (including phenoxy) is 2. The van der Waals surface area contributed by atoms with Gasteiger partial charge in [-0.3, -0.25) is 0 Å². The highest BCUT2D eigenvalue weighted by molar-refractivity contribution is 6.32. The van der Waals surface area contributed by atoms with Crippen molar-refractivity contribution in [2.75, 3.05) is 19.2 Å². The number of amides is 2. The summed E-state index contributed by atoms with van der Waals surface area (Å²) in [6.07, 6.45) is -0.564. The van der Waals surface area contributed by atoms with Gasteiger partial charge in [-0.15, -0.1) is 0 Å². The van der Waals surface area contributed by atoms with Crippen molar-refractivity contribution in [3.8, 4) is 5.75 Å². The Kier molecular flexibility index (Phi) is 4.59. The molecule has 1 saturated carbocycles. The van der Waals surface area contributed by atoms with Gasteiger partial charge in [-0.1, -0.05) is 17.7 Å². The zero-order chi connectivity index (χ0) is 18.2. The SMILES string of the molecule is COCOc1cc2c(cc1Cl)[C@@](/C=C/C1CC1)(C(F)(F)F)NC(=O)N2. The zero-order valence-electron chi connectivity index (χ0n) is 13.2. The molecule has 1 heterocycles. The second-order valence-corrected chi connectivity index (χ2v) is 6.37. The molecule has 2 N–H and O–H groups in total. The van der Waals surface area contributed by atoms with Crippen molar-refractivity contribution in [2.24, 2.45) is 5.92 Å². The van der Waals surface area contributed by atoms with Gasteiger partial charge in [0, 0.05) is 18.7 Å². The number of hydrogen-bond acceptors (Lipinski definition) is 3. The number of allylic oxidation sites excluding steroid dienone is 1. The highest BCUT2D eigenvalue weighted by Gasteiger charge is 2.58. The molecule has 1 atom stereocenters. The molecule has 1 aliphatic heterocycles. The second kappa shape index (κ2) is 6.42. The van der Waals surface area contributed by atoms with Gasteiger partial charge in [-0.2, -0.15) is 13.2 Å². The van der Waals surface area contributed by atoms with Crippen molar-refractivity contribution in [3.05, 3.63) is 34.9 Å². The molecule has 1 aliphatic carbocycles. The summed E-state index contributed by atoms with van der Waals surface area (Å²) in [6.45, 7) is -0.128. The minimum atomic E-state index is -4.75. The molecule has 1 aromatic carbocycles. The van der Waals surface area contributed by atoms with Crippen molar-refractivity contribution in [1.82, 2.24) is 5.32 Å². The van der Waals surface area contributed by atoms with E-state index < -0.39 is 17.7 Å². The van der Waals surface area contributed by atoms with Gasteiger partial charge < -0.3 is 20.1 Å². The number of fused-ring (bicyclic) bond motifs is 1. The van der Waals surface area contributed by atoms with E-state index in [0.29, 0.717) is 0 Å². The predicted molar refractivity (Wildman–Crippen MR) is 85.7 cm³/mol. The maximum Gasteiger partial charge on any atom is 0.419 e. The van der Waals surface area contributed by atoms with E-state index >= 15 is 0 Å². The molecule has 5 nitrogen and oxygen atoms in total. The number of urea groups is 1. The first-order valence-electron chi connectivity index (χ1n) is 7.58. The average Bonchev–Trinajstić information content (AvgIpc) is 3.34. The van der Waals surface area contributed by atoms with Crippen LogP contribution in [0.3, 0.4) is 0 Å². The molecule has 2 aliphatic rings. The third-order valence-electron chi connectivity index (χ3n) is 4.08. The van der Waals surface area contributed by atoms with Crippen LogP contribution < -0.4 is 15.4 Å². The van der Waals surface area contributed by atoms with Crippen LogP contribution in [-0.4, -0.2) is 26.1 Å². The standard InChI is InChI=1S/C16H16ClF3N2O3/c1-24-8-25-13-7-12-10(6-11(13)17)15(16(18,19)20,22-14(23)21-12)5-4-9-2-3-9/h4-7,9H,2-3,8H2,1H3,(H2,21,22,23)/b5-4+/t15-/m0/s1. The number of methoxy groups -OCH3 is 1. The summed E-state index contributed by atoms with van der Waals surface area (Å²) in [4.78, 5) is 11.9. The van der Waals surface area contributed by atoms with Gasteiger partial charge in [-0.25, -0.2) is 4.79 Å². The third kappa shape index (κ3) is 3.41. The fourth-order valence-corrected chi connectivity index (χ4v) is 2.85.